The molecule has 9 heteroatoms. The Morgan fingerprint density at radius 2 is 1.91 bits per heavy atom. The standard InChI is InChI=1S/C23H27N5O4/c1-2-6-24-18-14-19(27-22-15(18)5-7-25-22)26-17-4-3-16(20-21(17)32-13-12-31-20)23(29)28-8-10-30-11-9-28/h3-5,7,14H,2,6,8-13H2,1H3,(H3,24,25,26,27). The average molecular weight is 438 g/mol. The normalized spacial score (nSPS) is 15.6. The first-order chi connectivity index (χ1) is 15.7. The Morgan fingerprint density at radius 3 is 2.72 bits per heavy atom. The summed E-state index contributed by atoms with van der Waals surface area (Å²) < 4.78 is 17.2. The van der Waals surface area contributed by atoms with E-state index in [0.717, 1.165) is 29.7 Å². The van der Waals surface area contributed by atoms with Gasteiger partial charge >= 0.3 is 0 Å². The molecule has 4 heterocycles. The number of nitrogens with zero attached hydrogens (tertiary/aromatic N) is 2. The highest BCUT2D eigenvalue weighted by molar-refractivity contribution is 5.99. The lowest BCUT2D eigenvalue weighted by molar-refractivity contribution is 0.0298. The molecule has 0 radical (unpaired) electrons. The summed E-state index contributed by atoms with van der Waals surface area (Å²) in [5.41, 5.74) is 3.01. The number of carbonyl (C=O) groups is 1. The molecule has 1 saturated heterocycles. The maximum atomic E-state index is 13.1. The molecule has 1 aromatic carbocycles. The van der Waals surface area contributed by atoms with E-state index >= 15 is 0 Å². The third kappa shape index (κ3) is 3.91. The number of morpholine rings is 1. The van der Waals surface area contributed by atoms with Crippen molar-refractivity contribution in [2.45, 2.75) is 13.3 Å². The van der Waals surface area contributed by atoms with E-state index in [0.29, 0.717) is 68.1 Å². The summed E-state index contributed by atoms with van der Waals surface area (Å²) in [7, 11) is 0. The van der Waals surface area contributed by atoms with Gasteiger partial charge in [0.15, 0.2) is 11.5 Å². The fourth-order valence-electron chi connectivity index (χ4n) is 3.99. The number of ether oxygens (including phenoxy) is 3. The number of benzene rings is 1. The van der Waals surface area contributed by atoms with E-state index in [2.05, 4.69) is 27.5 Å². The topological polar surface area (TPSA) is 101 Å². The number of aromatic amines is 1. The third-order valence-corrected chi connectivity index (χ3v) is 5.57. The molecule has 32 heavy (non-hydrogen) atoms. The van der Waals surface area contributed by atoms with Crippen LogP contribution >= 0.6 is 0 Å². The molecule has 2 aromatic heterocycles. The summed E-state index contributed by atoms with van der Waals surface area (Å²) in [5, 5.41) is 7.85. The van der Waals surface area contributed by atoms with E-state index in [1.807, 2.05) is 24.4 Å². The maximum absolute atomic E-state index is 13.1. The van der Waals surface area contributed by atoms with E-state index in [1.54, 1.807) is 11.0 Å². The van der Waals surface area contributed by atoms with E-state index in [9.17, 15) is 4.79 Å². The minimum Gasteiger partial charge on any atom is -0.485 e. The highest BCUT2D eigenvalue weighted by Gasteiger charge is 2.28. The van der Waals surface area contributed by atoms with Crippen LogP contribution in [0.2, 0.25) is 0 Å². The molecule has 1 fully saturated rings. The summed E-state index contributed by atoms with van der Waals surface area (Å²) in [4.78, 5) is 22.7. The van der Waals surface area contributed by atoms with Gasteiger partial charge in [-0.15, -0.1) is 0 Å². The number of hydrogen-bond donors (Lipinski definition) is 3. The molecule has 0 bridgehead atoms. The number of H-pyrrole nitrogens is 1. The molecule has 5 rings (SSSR count). The Morgan fingerprint density at radius 1 is 1.09 bits per heavy atom. The molecule has 168 valence electrons. The number of aromatic nitrogens is 2. The monoisotopic (exact) mass is 437 g/mol. The highest BCUT2D eigenvalue weighted by atomic mass is 16.6. The van der Waals surface area contributed by atoms with Crippen LogP contribution in [0.3, 0.4) is 0 Å². The lowest BCUT2D eigenvalue weighted by Crippen LogP contribution is -2.41. The van der Waals surface area contributed by atoms with Crippen molar-refractivity contribution >= 4 is 34.1 Å². The van der Waals surface area contributed by atoms with E-state index in [-0.39, 0.29) is 5.91 Å². The average Bonchev–Trinajstić information content (AvgIpc) is 3.32. The van der Waals surface area contributed by atoms with Crippen molar-refractivity contribution in [2.75, 3.05) is 56.7 Å². The summed E-state index contributed by atoms with van der Waals surface area (Å²) >= 11 is 0. The van der Waals surface area contributed by atoms with Crippen LogP contribution in [0.4, 0.5) is 17.2 Å². The molecule has 9 nitrogen and oxygen atoms in total. The maximum Gasteiger partial charge on any atom is 0.257 e. The second kappa shape index (κ2) is 8.96. The molecule has 0 spiro atoms. The first-order valence-corrected chi connectivity index (χ1v) is 11.0. The van der Waals surface area contributed by atoms with Gasteiger partial charge in [0.25, 0.3) is 5.91 Å². The molecule has 2 aliphatic heterocycles. The van der Waals surface area contributed by atoms with Crippen molar-refractivity contribution in [3.05, 3.63) is 36.0 Å². The van der Waals surface area contributed by atoms with E-state index in [4.69, 9.17) is 14.2 Å². The number of anilines is 3. The Hall–Kier alpha value is -3.46. The molecule has 0 saturated carbocycles. The van der Waals surface area contributed by atoms with Gasteiger partial charge in [-0.2, -0.15) is 0 Å². The van der Waals surface area contributed by atoms with Gasteiger partial charge in [-0.1, -0.05) is 6.92 Å². The van der Waals surface area contributed by atoms with Gasteiger partial charge in [-0.3, -0.25) is 4.79 Å². The van der Waals surface area contributed by atoms with E-state index < -0.39 is 0 Å². The summed E-state index contributed by atoms with van der Waals surface area (Å²) in [6.07, 6.45) is 2.90. The highest BCUT2D eigenvalue weighted by Crippen LogP contribution is 2.42. The summed E-state index contributed by atoms with van der Waals surface area (Å²) in [5.74, 6) is 1.61. The number of nitrogens with one attached hydrogen (secondary N) is 3. The van der Waals surface area contributed by atoms with Gasteiger partial charge in [0, 0.05) is 43.0 Å². The number of carbonyl (C=O) groups excluding carboxylic acids is 1. The molecule has 3 N–H and O–H groups in total. The van der Waals surface area contributed by atoms with Gasteiger partial charge in [-0.05, 0) is 24.6 Å². The zero-order chi connectivity index (χ0) is 21.9. The van der Waals surface area contributed by atoms with Crippen LogP contribution in [-0.4, -0.2) is 66.8 Å². The van der Waals surface area contributed by atoms with Crippen LogP contribution in [-0.2, 0) is 4.74 Å². The van der Waals surface area contributed by atoms with Crippen molar-refractivity contribution in [1.29, 1.82) is 0 Å². The molecule has 0 aliphatic carbocycles. The van der Waals surface area contributed by atoms with Gasteiger partial charge < -0.3 is 34.7 Å². The van der Waals surface area contributed by atoms with Crippen LogP contribution in [0.5, 0.6) is 11.5 Å². The Kier molecular flexibility index (Phi) is 5.72. The molecular formula is C23H27N5O4. The summed E-state index contributed by atoms with van der Waals surface area (Å²) in [6.45, 7) is 6.06. The van der Waals surface area contributed by atoms with Crippen LogP contribution in [0.1, 0.15) is 23.7 Å². The molecule has 3 aromatic rings. The van der Waals surface area contributed by atoms with Crippen molar-refractivity contribution in [2.24, 2.45) is 0 Å². The Balaban J connectivity index is 1.47. The summed E-state index contributed by atoms with van der Waals surface area (Å²) in [6, 6.07) is 7.63. The van der Waals surface area contributed by atoms with Gasteiger partial charge in [0.1, 0.15) is 24.7 Å². The number of amides is 1. The van der Waals surface area contributed by atoms with Crippen molar-refractivity contribution in [3.8, 4) is 11.5 Å². The smallest absolute Gasteiger partial charge is 0.257 e. The minimum absolute atomic E-state index is 0.0708. The number of fused-ring (bicyclic) bond motifs is 2. The van der Waals surface area contributed by atoms with Crippen molar-refractivity contribution in [3.63, 3.8) is 0 Å². The minimum atomic E-state index is -0.0708. The van der Waals surface area contributed by atoms with Crippen LogP contribution < -0.4 is 20.1 Å². The predicted octanol–water partition coefficient (Wildman–Crippen LogP) is 3.37. The van der Waals surface area contributed by atoms with Crippen LogP contribution in [0.15, 0.2) is 30.5 Å². The van der Waals surface area contributed by atoms with Gasteiger partial charge in [0.2, 0.25) is 0 Å². The van der Waals surface area contributed by atoms with E-state index in [1.165, 1.54) is 0 Å². The molecule has 0 unspecified atom stereocenters. The molecule has 1 amide bonds. The second-order valence-electron chi connectivity index (χ2n) is 7.77. The van der Waals surface area contributed by atoms with Crippen LogP contribution in [0.25, 0.3) is 11.0 Å². The fraction of sp³-hybridized carbons (Fsp3) is 0.391. The first-order valence-electron chi connectivity index (χ1n) is 11.0. The lowest BCUT2D eigenvalue weighted by Gasteiger charge is -2.29. The molecular weight excluding hydrogens is 410 g/mol. The van der Waals surface area contributed by atoms with Gasteiger partial charge in [-0.25, -0.2) is 4.98 Å². The lowest BCUT2D eigenvalue weighted by atomic mass is 10.1. The predicted molar refractivity (Wildman–Crippen MR) is 122 cm³/mol. The zero-order valence-electron chi connectivity index (χ0n) is 18.1. The Bertz CT molecular complexity index is 1120. The third-order valence-electron chi connectivity index (χ3n) is 5.57. The second-order valence-corrected chi connectivity index (χ2v) is 7.77. The van der Waals surface area contributed by atoms with Gasteiger partial charge in [0.05, 0.1) is 24.5 Å². The number of hydrogen-bond acceptors (Lipinski definition) is 7. The largest absolute Gasteiger partial charge is 0.485 e. The zero-order valence-corrected chi connectivity index (χ0v) is 18.1. The fourth-order valence-corrected chi connectivity index (χ4v) is 3.99. The SMILES string of the molecule is CCCNc1cc(Nc2ccc(C(=O)N3CCOCC3)c3c2OCCO3)nc2[nH]ccc12. The quantitative estimate of drug-likeness (QED) is 0.544. The number of rotatable bonds is 6. The van der Waals surface area contributed by atoms with Crippen molar-refractivity contribution in [1.82, 2.24) is 14.9 Å². The van der Waals surface area contributed by atoms with Crippen molar-refractivity contribution < 1.29 is 19.0 Å². The molecule has 0 atom stereocenters. The number of pyridine rings is 1. The molecule has 2 aliphatic rings. The first kappa shape index (κ1) is 20.4. The Labute approximate surface area is 186 Å². The van der Waals surface area contributed by atoms with Crippen LogP contribution in [0, 0.1) is 0 Å².